The second-order valence-electron chi connectivity index (χ2n) is 4.36. The highest BCUT2D eigenvalue weighted by Crippen LogP contribution is 2.12. The molecule has 1 fully saturated rings. The van der Waals surface area contributed by atoms with Crippen LogP contribution in [-0.4, -0.2) is 47.7 Å². The lowest BCUT2D eigenvalue weighted by Gasteiger charge is -2.34. The topological polar surface area (TPSA) is 41.4 Å². The zero-order valence-corrected chi connectivity index (χ0v) is 10.1. The summed E-state index contributed by atoms with van der Waals surface area (Å²) >= 11 is 0. The third-order valence-corrected chi connectivity index (χ3v) is 3.16. The SMILES string of the molecule is Cc1ncc(N2CCN(C)CC2)n(C)c1=O. The van der Waals surface area contributed by atoms with Crippen LogP contribution in [0.4, 0.5) is 5.82 Å². The molecule has 2 rings (SSSR count). The lowest BCUT2D eigenvalue weighted by molar-refractivity contribution is 0.311. The van der Waals surface area contributed by atoms with Crippen LogP contribution in [-0.2, 0) is 7.05 Å². The average molecular weight is 222 g/mol. The van der Waals surface area contributed by atoms with Gasteiger partial charge in [-0.3, -0.25) is 14.3 Å². The van der Waals surface area contributed by atoms with E-state index in [1.54, 1.807) is 17.7 Å². The summed E-state index contributed by atoms with van der Waals surface area (Å²) in [4.78, 5) is 20.4. The van der Waals surface area contributed by atoms with Crippen molar-refractivity contribution in [1.29, 1.82) is 0 Å². The lowest BCUT2D eigenvalue weighted by Crippen LogP contribution is -2.46. The van der Waals surface area contributed by atoms with Crippen LogP contribution in [0.1, 0.15) is 5.69 Å². The molecule has 0 saturated carbocycles. The first-order chi connectivity index (χ1) is 7.59. The predicted octanol–water partition coefficient (Wildman–Crippen LogP) is -0.159. The Balaban J connectivity index is 2.28. The van der Waals surface area contributed by atoms with Crippen LogP contribution in [0.3, 0.4) is 0 Å². The number of aromatic nitrogens is 2. The maximum absolute atomic E-state index is 11.8. The van der Waals surface area contributed by atoms with Crippen molar-refractivity contribution in [1.82, 2.24) is 14.5 Å². The van der Waals surface area contributed by atoms with E-state index in [2.05, 4.69) is 21.8 Å². The molecule has 0 bridgehead atoms. The Bertz CT molecular complexity index is 432. The van der Waals surface area contributed by atoms with Gasteiger partial charge in [0, 0.05) is 33.2 Å². The van der Waals surface area contributed by atoms with Crippen molar-refractivity contribution in [2.45, 2.75) is 6.92 Å². The minimum atomic E-state index is -0.00331. The summed E-state index contributed by atoms with van der Waals surface area (Å²) in [5.74, 6) is 0.920. The summed E-state index contributed by atoms with van der Waals surface area (Å²) < 4.78 is 1.69. The number of anilines is 1. The van der Waals surface area contributed by atoms with Crippen LogP contribution in [0.25, 0.3) is 0 Å². The molecule has 1 aliphatic rings. The van der Waals surface area contributed by atoms with Gasteiger partial charge >= 0.3 is 0 Å². The fourth-order valence-corrected chi connectivity index (χ4v) is 1.97. The molecule has 16 heavy (non-hydrogen) atoms. The second-order valence-corrected chi connectivity index (χ2v) is 4.36. The number of aryl methyl sites for hydroxylation is 1. The third-order valence-electron chi connectivity index (χ3n) is 3.16. The third kappa shape index (κ3) is 1.95. The molecule has 1 aromatic heterocycles. The highest BCUT2D eigenvalue weighted by atomic mass is 16.1. The van der Waals surface area contributed by atoms with Crippen molar-refractivity contribution in [3.05, 3.63) is 22.2 Å². The molecular formula is C11H18N4O. The lowest BCUT2D eigenvalue weighted by atomic mass is 10.3. The van der Waals surface area contributed by atoms with Gasteiger partial charge in [0.25, 0.3) is 5.56 Å². The number of piperazine rings is 1. The van der Waals surface area contributed by atoms with Gasteiger partial charge in [-0.1, -0.05) is 0 Å². The Kier molecular flexibility index (Phi) is 2.96. The number of nitrogens with zero attached hydrogens (tertiary/aromatic N) is 4. The number of hydrogen-bond acceptors (Lipinski definition) is 4. The van der Waals surface area contributed by atoms with E-state index in [9.17, 15) is 4.79 Å². The zero-order valence-electron chi connectivity index (χ0n) is 10.1. The molecule has 0 spiro atoms. The smallest absolute Gasteiger partial charge is 0.273 e. The van der Waals surface area contributed by atoms with E-state index >= 15 is 0 Å². The Hall–Kier alpha value is -1.36. The molecule has 0 atom stereocenters. The van der Waals surface area contributed by atoms with E-state index in [4.69, 9.17) is 0 Å². The standard InChI is InChI=1S/C11H18N4O/c1-9-11(16)14(3)10(8-12-9)15-6-4-13(2)5-7-15/h8H,4-7H2,1-3H3. The Labute approximate surface area is 95.3 Å². The fraction of sp³-hybridized carbons (Fsp3) is 0.636. The van der Waals surface area contributed by atoms with Crippen molar-refractivity contribution in [3.63, 3.8) is 0 Å². The van der Waals surface area contributed by atoms with Gasteiger partial charge in [-0.05, 0) is 14.0 Å². The van der Waals surface area contributed by atoms with Gasteiger partial charge in [0.15, 0.2) is 0 Å². The summed E-state index contributed by atoms with van der Waals surface area (Å²) in [6.45, 7) is 5.71. The highest BCUT2D eigenvalue weighted by Gasteiger charge is 2.17. The van der Waals surface area contributed by atoms with Gasteiger partial charge in [-0.15, -0.1) is 0 Å². The van der Waals surface area contributed by atoms with Gasteiger partial charge in [-0.25, -0.2) is 0 Å². The van der Waals surface area contributed by atoms with Gasteiger partial charge in [0.2, 0.25) is 0 Å². The number of hydrogen-bond donors (Lipinski definition) is 0. The van der Waals surface area contributed by atoms with Crippen molar-refractivity contribution in [2.75, 3.05) is 38.1 Å². The summed E-state index contributed by atoms with van der Waals surface area (Å²) in [7, 11) is 3.93. The van der Waals surface area contributed by atoms with E-state index in [0.717, 1.165) is 32.0 Å². The Morgan fingerprint density at radius 1 is 1.19 bits per heavy atom. The van der Waals surface area contributed by atoms with Gasteiger partial charge in [-0.2, -0.15) is 0 Å². The molecule has 5 heteroatoms. The van der Waals surface area contributed by atoms with Crippen molar-refractivity contribution in [3.8, 4) is 0 Å². The van der Waals surface area contributed by atoms with Crippen LogP contribution >= 0.6 is 0 Å². The molecule has 1 aromatic rings. The Morgan fingerprint density at radius 2 is 1.81 bits per heavy atom. The number of rotatable bonds is 1. The van der Waals surface area contributed by atoms with Crippen LogP contribution in [0.5, 0.6) is 0 Å². The minimum absolute atomic E-state index is 0.00331. The van der Waals surface area contributed by atoms with Crippen molar-refractivity contribution in [2.24, 2.45) is 7.05 Å². The van der Waals surface area contributed by atoms with Crippen molar-refractivity contribution >= 4 is 5.82 Å². The maximum atomic E-state index is 11.8. The quantitative estimate of drug-likeness (QED) is 0.662. The summed E-state index contributed by atoms with van der Waals surface area (Å²) in [6.07, 6.45) is 1.79. The van der Waals surface area contributed by atoms with Crippen LogP contribution in [0.2, 0.25) is 0 Å². The van der Waals surface area contributed by atoms with Gasteiger partial charge in [0.1, 0.15) is 11.5 Å². The highest BCUT2D eigenvalue weighted by molar-refractivity contribution is 5.38. The first kappa shape index (κ1) is 11.1. The van der Waals surface area contributed by atoms with E-state index < -0.39 is 0 Å². The Morgan fingerprint density at radius 3 is 2.44 bits per heavy atom. The van der Waals surface area contributed by atoms with E-state index in [0.29, 0.717) is 5.69 Å². The molecule has 88 valence electrons. The molecule has 5 nitrogen and oxygen atoms in total. The molecule has 1 saturated heterocycles. The zero-order chi connectivity index (χ0) is 11.7. The van der Waals surface area contributed by atoms with Gasteiger partial charge in [0.05, 0.1) is 6.20 Å². The van der Waals surface area contributed by atoms with Gasteiger partial charge < -0.3 is 9.80 Å². The molecule has 1 aliphatic heterocycles. The fourth-order valence-electron chi connectivity index (χ4n) is 1.97. The van der Waals surface area contributed by atoms with Crippen molar-refractivity contribution < 1.29 is 0 Å². The largest absolute Gasteiger partial charge is 0.354 e. The maximum Gasteiger partial charge on any atom is 0.273 e. The molecule has 0 aliphatic carbocycles. The minimum Gasteiger partial charge on any atom is -0.354 e. The number of likely N-dealkylation sites (N-methyl/N-ethyl adjacent to an activating group) is 1. The molecule has 2 heterocycles. The van der Waals surface area contributed by atoms with E-state index in [1.165, 1.54) is 0 Å². The normalized spacial score (nSPS) is 17.8. The van der Waals surface area contributed by atoms with E-state index in [1.807, 2.05) is 7.05 Å². The van der Waals surface area contributed by atoms with Crippen LogP contribution in [0, 0.1) is 6.92 Å². The molecule has 0 radical (unpaired) electrons. The van der Waals surface area contributed by atoms with E-state index in [-0.39, 0.29) is 5.56 Å². The molecule has 0 unspecified atom stereocenters. The second kappa shape index (κ2) is 4.25. The molecule has 0 aromatic carbocycles. The first-order valence-electron chi connectivity index (χ1n) is 5.55. The molecule has 0 amide bonds. The monoisotopic (exact) mass is 222 g/mol. The summed E-state index contributed by atoms with van der Waals surface area (Å²) in [5, 5.41) is 0. The van der Waals surface area contributed by atoms with Crippen LogP contribution < -0.4 is 10.5 Å². The predicted molar refractivity (Wildman–Crippen MR) is 63.9 cm³/mol. The first-order valence-corrected chi connectivity index (χ1v) is 5.55. The van der Waals surface area contributed by atoms with Crippen LogP contribution in [0.15, 0.2) is 11.0 Å². The summed E-state index contributed by atoms with van der Waals surface area (Å²) in [5.41, 5.74) is 0.553. The molecular weight excluding hydrogens is 204 g/mol. The molecule has 0 N–H and O–H groups in total. The summed E-state index contributed by atoms with van der Waals surface area (Å²) in [6, 6.07) is 0. The average Bonchev–Trinajstić information content (AvgIpc) is 2.28.